The zero-order valence-corrected chi connectivity index (χ0v) is 15.4. The summed E-state index contributed by atoms with van der Waals surface area (Å²) in [5.74, 6) is -64.0. The molecule has 0 saturated heterocycles. The lowest BCUT2D eigenvalue weighted by Gasteiger charge is -2.44. The summed E-state index contributed by atoms with van der Waals surface area (Å²) in [5.41, 5.74) is 0. The van der Waals surface area contributed by atoms with Gasteiger partial charge in [0.25, 0.3) is 0 Å². The number of ether oxygens (including phenoxy) is 2. The lowest BCUT2D eigenvalue weighted by molar-refractivity contribution is -0.521. The van der Waals surface area contributed by atoms with E-state index in [0.29, 0.717) is 0 Å². The van der Waals surface area contributed by atoms with Crippen LogP contribution in [0.2, 0.25) is 0 Å². The molecule has 2 nitrogen and oxygen atoms in total. The first-order valence-corrected chi connectivity index (χ1v) is 7.35. The van der Waals surface area contributed by atoms with Gasteiger partial charge >= 0.3 is 66.4 Å². The van der Waals surface area contributed by atoms with Crippen LogP contribution in [0.3, 0.4) is 0 Å². The minimum absolute atomic E-state index is 0.963. The Balaban J connectivity index is 6.98. The summed E-state index contributed by atoms with van der Waals surface area (Å²) < 4.78 is 308. The zero-order chi connectivity index (χ0) is 30.9. The molecule has 0 saturated carbocycles. The molecule has 0 heterocycles. The minimum atomic E-state index is -9.40. The average Bonchev–Trinajstić information content (AvgIpc) is 2.56. The lowest BCUT2D eigenvalue weighted by atomic mass is 9.88. The topological polar surface area (TPSA) is 18.5 Å². The SMILES string of the molecule is FC(F)(F)OC(F)(F)C(F)(F)C(F)(F)C(F)(F)C(F)(F)C(F)(F)C(F)(F)C(F)(F)C(F)(F)OC(F)(F)F. The third-order valence-corrected chi connectivity index (χ3v) is 3.58. The molecule has 0 N–H and O–H groups in total. The maximum atomic E-state index is 13.3. The van der Waals surface area contributed by atoms with Crippen LogP contribution < -0.4 is 0 Å². The van der Waals surface area contributed by atoms with E-state index in [2.05, 4.69) is 0 Å². The van der Waals surface area contributed by atoms with E-state index in [1.54, 1.807) is 0 Å². The van der Waals surface area contributed by atoms with E-state index in [9.17, 15) is 105 Å². The molecule has 0 bridgehead atoms. The molecular formula is C11F24O2. The first-order valence-electron chi connectivity index (χ1n) is 7.35. The number of alkyl halides is 24. The molecule has 0 unspecified atom stereocenters. The lowest BCUT2D eigenvalue weighted by Crippen LogP contribution is -2.76. The van der Waals surface area contributed by atoms with Crippen molar-refractivity contribution >= 4 is 0 Å². The van der Waals surface area contributed by atoms with E-state index in [-0.39, 0.29) is 0 Å². The Morgan fingerprint density at radius 2 is 0.351 bits per heavy atom. The molecule has 0 fully saturated rings. The number of halogens is 24. The van der Waals surface area contributed by atoms with Crippen LogP contribution in [0.15, 0.2) is 0 Å². The van der Waals surface area contributed by atoms with Gasteiger partial charge < -0.3 is 0 Å². The molecule has 37 heavy (non-hydrogen) atoms. The van der Waals surface area contributed by atoms with Gasteiger partial charge in [-0.3, -0.25) is 0 Å². The molecule has 0 atom stereocenters. The summed E-state index contributed by atoms with van der Waals surface area (Å²) in [6.45, 7) is 0. The molecule has 0 aliphatic carbocycles. The van der Waals surface area contributed by atoms with Crippen molar-refractivity contribution in [3.05, 3.63) is 0 Å². The highest BCUT2D eigenvalue weighted by molar-refractivity contribution is 5.16. The highest BCUT2D eigenvalue weighted by Gasteiger charge is 2.97. The fraction of sp³-hybridized carbons (Fsp3) is 1.00. The van der Waals surface area contributed by atoms with Crippen molar-refractivity contribution < 1.29 is 115 Å². The normalized spacial score (nSPS) is 16.9. The van der Waals surface area contributed by atoms with E-state index in [4.69, 9.17) is 0 Å². The van der Waals surface area contributed by atoms with E-state index < -0.39 is 66.4 Å². The van der Waals surface area contributed by atoms with Gasteiger partial charge in [-0.05, 0) is 0 Å². The van der Waals surface area contributed by atoms with Crippen molar-refractivity contribution in [2.24, 2.45) is 0 Å². The number of hydrogen-bond acceptors (Lipinski definition) is 2. The maximum Gasteiger partial charge on any atom is 0.527 e. The average molecular weight is 620 g/mol. The van der Waals surface area contributed by atoms with Crippen molar-refractivity contribution in [3.63, 3.8) is 0 Å². The Hall–Kier alpha value is -1.76. The monoisotopic (exact) mass is 620 g/mol. The molecule has 0 aliphatic rings. The Kier molecular flexibility index (Phi) is 8.21. The van der Waals surface area contributed by atoms with Crippen molar-refractivity contribution in [2.75, 3.05) is 0 Å². The summed E-state index contributed by atoms with van der Waals surface area (Å²) in [5, 5.41) is 0. The van der Waals surface area contributed by atoms with Crippen LogP contribution >= 0.6 is 0 Å². The van der Waals surface area contributed by atoms with Crippen molar-refractivity contribution in [1.29, 1.82) is 0 Å². The summed E-state index contributed by atoms with van der Waals surface area (Å²) in [6, 6.07) is 0. The predicted octanol–water partition coefficient (Wildman–Crippen LogP) is 7.69. The standard InChI is InChI=1S/C11F24O2/c12-1(13,2(14,15)4(18,19)6(22,23)8(26,27)36-10(30,31)32)3(16,17)5(20,21)7(24,25)9(28,29)37-11(33,34)35. The molecule has 0 rings (SSSR count). The smallest absolute Gasteiger partial charge is 0.221 e. The molecule has 0 aromatic heterocycles. The van der Waals surface area contributed by atoms with Crippen molar-refractivity contribution in [1.82, 2.24) is 0 Å². The summed E-state index contributed by atoms with van der Waals surface area (Å²) >= 11 is 0. The number of hydrogen-bond donors (Lipinski definition) is 0. The van der Waals surface area contributed by atoms with Crippen LogP contribution in [0.5, 0.6) is 0 Å². The third-order valence-electron chi connectivity index (χ3n) is 3.58. The highest BCUT2D eigenvalue weighted by atomic mass is 19.4. The Labute approximate surface area is 183 Å². The van der Waals surface area contributed by atoms with E-state index in [1.807, 2.05) is 0 Å². The first-order chi connectivity index (χ1) is 15.4. The minimum Gasteiger partial charge on any atom is -0.221 e. The molecule has 0 aliphatic heterocycles. The van der Waals surface area contributed by atoms with Gasteiger partial charge in [-0.15, -0.1) is 26.3 Å². The van der Waals surface area contributed by atoms with Crippen LogP contribution in [-0.4, -0.2) is 66.4 Å². The molecule has 0 radical (unpaired) electrons. The maximum absolute atomic E-state index is 13.3. The molecule has 0 aromatic carbocycles. The Bertz CT molecular complexity index is 750. The van der Waals surface area contributed by atoms with Crippen molar-refractivity contribution in [2.45, 2.75) is 66.4 Å². The van der Waals surface area contributed by atoms with E-state index in [1.165, 1.54) is 0 Å². The van der Waals surface area contributed by atoms with Gasteiger partial charge in [-0.1, -0.05) is 0 Å². The second-order valence-electron chi connectivity index (χ2n) is 6.15. The largest absolute Gasteiger partial charge is 0.527 e. The number of rotatable bonds is 10. The quantitative estimate of drug-likeness (QED) is 0.234. The van der Waals surface area contributed by atoms with Gasteiger partial charge in [0, 0.05) is 0 Å². The first kappa shape index (κ1) is 35.2. The van der Waals surface area contributed by atoms with Gasteiger partial charge in [0.15, 0.2) is 0 Å². The molecule has 0 amide bonds. The van der Waals surface area contributed by atoms with Gasteiger partial charge in [0.2, 0.25) is 0 Å². The molecule has 26 heteroatoms. The summed E-state index contributed by atoms with van der Waals surface area (Å²) in [7, 11) is 0. The van der Waals surface area contributed by atoms with Crippen LogP contribution in [0, 0.1) is 0 Å². The van der Waals surface area contributed by atoms with E-state index >= 15 is 0 Å². The fourth-order valence-electron chi connectivity index (χ4n) is 1.77. The van der Waals surface area contributed by atoms with Gasteiger partial charge in [0.05, 0.1) is 0 Å². The van der Waals surface area contributed by atoms with Crippen LogP contribution in [0.1, 0.15) is 0 Å². The van der Waals surface area contributed by atoms with Crippen molar-refractivity contribution in [3.8, 4) is 0 Å². The zero-order valence-electron chi connectivity index (χ0n) is 15.4. The molecular weight excluding hydrogens is 620 g/mol. The summed E-state index contributed by atoms with van der Waals surface area (Å²) in [6.07, 6.45) is -30.8. The van der Waals surface area contributed by atoms with Gasteiger partial charge in [-0.2, -0.15) is 79.0 Å². The second-order valence-corrected chi connectivity index (χ2v) is 6.15. The molecule has 0 aromatic rings. The predicted molar refractivity (Wildman–Crippen MR) is 58.8 cm³/mol. The second kappa shape index (κ2) is 8.62. The van der Waals surface area contributed by atoms with Gasteiger partial charge in [0.1, 0.15) is 0 Å². The van der Waals surface area contributed by atoms with Gasteiger partial charge in [-0.25, -0.2) is 9.47 Å². The third kappa shape index (κ3) is 5.26. The molecule has 0 spiro atoms. The molecule has 224 valence electrons. The van der Waals surface area contributed by atoms with E-state index in [0.717, 1.165) is 9.47 Å². The van der Waals surface area contributed by atoms with Crippen LogP contribution in [0.25, 0.3) is 0 Å². The fourth-order valence-corrected chi connectivity index (χ4v) is 1.77. The Morgan fingerprint density at radius 3 is 0.486 bits per heavy atom. The summed E-state index contributed by atoms with van der Waals surface area (Å²) in [4.78, 5) is 0. The van der Waals surface area contributed by atoms with Crippen LogP contribution in [-0.2, 0) is 9.47 Å². The highest BCUT2D eigenvalue weighted by Crippen LogP contribution is 2.65. The van der Waals surface area contributed by atoms with Crippen LogP contribution in [0.4, 0.5) is 105 Å². The Morgan fingerprint density at radius 1 is 0.216 bits per heavy atom.